The Morgan fingerprint density at radius 3 is 2.47 bits per heavy atom. The molecule has 0 aromatic heterocycles. The van der Waals surface area contributed by atoms with Gasteiger partial charge < -0.3 is 10.4 Å². The van der Waals surface area contributed by atoms with Gasteiger partial charge in [-0.25, -0.2) is 4.79 Å². The lowest BCUT2D eigenvalue weighted by Gasteiger charge is -2.26. The molecule has 0 spiro atoms. The average Bonchev–Trinajstić information content (AvgIpc) is 3.16. The topological polar surface area (TPSA) is 66.4 Å². The first-order chi connectivity index (χ1) is 8.86. The van der Waals surface area contributed by atoms with E-state index in [4.69, 9.17) is 0 Å². The van der Waals surface area contributed by atoms with Gasteiger partial charge in [0.1, 0.15) is 5.54 Å². The van der Waals surface area contributed by atoms with Gasteiger partial charge in [-0.2, -0.15) is 0 Å². The normalized spacial score (nSPS) is 17.6. The molecule has 1 aromatic carbocycles. The summed E-state index contributed by atoms with van der Waals surface area (Å²) in [5, 5.41) is 12.0. The van der Waals surface area contributed by atoms with E-state index in [0.717, 1.165) is 24.0 Å². The number of hydrogen-bond donors (Lipinski definition) is 2. The van der Waals surface area contributed by atoms with Crippen LogP contribution in [0.1, 0.15) is 41.3 Å². The number of rotatable bonds is 4. The van der Waals surface area contributed by atoms with Gasteiger partial charge in [-0.1, -0.05) is 12.1 Å². The molecule has 1 unspecified atom stereocenters. The van der Waals surface area contributed by atoms with Gasteiger partial charge in [0.2, 0.25) is 0 Å². The SMILES string of the molecule is Cc1cccc(C(=O)NC(C)(C(=O)O)C2CC2)c1C. The first-order valence-electron chi connectivity index (χ1n) is 6.48. The van der Waals surface area contributed by atoms with Crippen molar-refractivity contribution in [2.75, 3.05) is 0 Å². The maximum absolute atomic E-state index is 12.3. The molecule has 1 saturated carbocycles. The third-order valence-electron chi connectivity index (χ3n) is 4.06. The fourth-order valence-corrected chi connectivity index (χ4v) is 2.29. The number of carbonyl (C=O) groups is 2. The van der Waals surface area contributed by atoms with E-state index in [1.54, 1.807) is 13.0 Å². The van der Waals surface area contributed by atoms with Gasteiger partial charge in [-0.15, -0.1) is 0 Å². The Bertz CT molecular complexity index is 534. The van der Waals surface area contributed by atoms with Crippen LogP contribution in [0.2, 0.25) is 0 Å². The summed E-state index contributed by atoms with van der Waals surface area (Å²) in [6, 6.07) is 5.47. The summed E-state index contributed by atoms with van der Waals surface area (Å²) < 4.78 is 0. The standard InChI is InChI=1S/C15H19NO3/c1-9-5-4-6-12(10(9)2)13(17)16-15(3,14(18)19)11-7-8-11/h4-6,11H,7-8H2,1-3H3,(H,16,17)(H,18,19). The van der Waals surface area contributed by atoms with Crippen molar-refractivity contribution in [2.24, 2.45) is 5.92 Å². The predicted molar refractivity (Wildman–Crippen MR) is 72.1 cm³/mol. The molecule has 4 nitrogen and oxygen atoms in total. The summed E-state index contributed by atoms with van der Waals surface area (Å²) in [5.74, 6) is -1.23. The quantitative estimate of drug-likeness (QED) is 0.873. The molecule has 0 heterocycles. The fraction of sp³-hybridized carbons (Fsp3) is 0.467. The van der Waals surface area contributed by atoms with Crippen molar-refractivity contribution in [3.63, 3.8) is 0 Å². The Kier molecular flexibility index (Phi) is 3.35. The molecule has 0 bridgehead atoms. The van der Waals surface area contributed by atoms with E-state index in [0.29, 0.717) is 5.56 Å². The number of amides is 1. The van der Waals surface area contributed by atoms with Crippen LogP contribution in [0.4, 0.5) is 0 Å². The summed E-state index contributed by atoms with van der Waals surface area (Å²) in [4.78, 5) is 23.7. The van der Waals surface area contributed by atoms with E-state index < -0.39 is 11.5 Å². The Morgan fingerprint density at radius 2 is 1.95 bits per heavy atom. The van der Waals surface area contributed by atoms with Crippen LogP contribution in [0.5, 0.6) is 0 Å². The second-order valence-corrected chi connectivity index (χ2v) is 5.48. The molecule has 0 saturated heterocycles. The van der Waals surface area contributed by atoms with Crippen LogP contribution >= 0.6 is 0 Å². The minimum Gasteiger partial charge on any atom is -0.480 e. The number of aryl methyl sites for hydroxylation is 1. The molecule has 2 rings (SSSR count). The molecular weight excluding hydrogens is 242 g/mol. The van der Waals surface area contributed by atoms with Gasteiger partial charge in [0, 0.05) is 5.56 Å². The predicted octanol–water partition coefficient (Wildman–Crippen LogP) is 2.29. The van der Waals surface area contributed by atoms with Crippen LogP contribution in [0.15, 0.2) is 18.2 Å². The second kappa shape index (κ2) is 4.68. The summed E-state index contributed by atoms with van der Waals surface area (Å²) in [5.41, 5.74) is 1.31. The number of carbonyl (C=O) groups excluding carboxylic acids is 1. The van der Waals surface area contributed by atoms with Gasteiger partial charge in [0.25, 0.3) is 5.91 Å². The largest absolute Gasteiger partial charge is 0.480 e. The minimum absolute atomic E-state index is 0.0408. The molecule has 0 radical (unpaired) electrons. The van der Waals surface area contributed by atoms with Crippen LogP contribution in [0.3, 0.4) is 0 Å². The van der Waals surface area contributed by atoms with E-state index in [9.17, 15) is 14.7 Å². The van der Waals surface area contributed by atoms with Gasteiger partial charge in [0.05, 0.1) is 0 Å². The molecule has 1 atom stereocenters. The van der Waals surface area contributed by atoms with Crippen molar-refractivity contribution in [3.05, 3.63) is 34.9 Å². The lowest BCUT2D eigenvalue weighted by Crippen LogP contribution is -2.54. The number of benzene rings is 1. The molecule has 1 fully saturated rings. The monoisotopic (exact) mass is 261 g/mol. The van der Waals surface area contributed by atoms with Crippen LogP contribution in [0.25, 0.3) is 0 Å². The Morgan fingerprint density at radius 1 is 1.32 bits per heavy atom. The maximum Gasteiger partial charge on any atom is 0.329 e. The second-order valence-electron chi connectivity index (χ2n) is 5.48. The molecule has 1 aliphatic carbocycles. The van der Waals surface area contributed by atoms with Gasteiger partial charge >= 0.3 is 5.97 Å². The summed E-state index contributed by atoms with van der Waals surface area (Å²) in [7, 11) is 0. The average molecular weight is 261 g/mol. The Balaban J connectivity index is 2.25. The van der Waals surface area contributed by atoms with E-state index in [1.165, 1.54) is 0 Å². The number of aliphatic carboxylic acids is 1. The molecule has 1 amide bonds. The third kappa shape index (κ3) is 2.48. The lowest BCUT2D eigenvalue weighted by molar-refractivity contribution is -0.144. The summed E-state index contributed by atoms with van der Waals surface area (Å²) >= 11 is 0. The zero-order chi connectivity index (χ0) is 14.2. The van der Waals surface area contributed by atoms with Crippen molar-refractivity contribution in [1.82, 2.24) is 5.32 Å². The molecule has 19 heavy (non-hydrogen) atoms. The summed E-state index contributed by atoms with van der Waals surface area (Å²) in [6.45, 7) is 5.40. The van der Waals surface area contributed by atoms with Gasteiger partial charge in [-0.05, 0) is 56.7 Å². The van der Waals surface area contributed by atoms with Crippen molar-refractivity contribution in [3.8, 4) is 0 Å². The molecule has 1 aromatic rings. The van der Waals surface area contributed by atoms with Gasteiger partial charge in [-0.3, -0.25) is 4.79 Å². The summed E-state index contributed by atoms with van der Waals surface area (Å²) in [6.07, 6.45) is 1.71. The number of carboxylic acids is 1. The Labute approximate surface area is 112 Å². The van der Waals surface area contributed by atoms with E-state index in [2.05, 4.69) is 5.32 Å². The smallest absolute Gasteiger partial charge is 0.329 e. The zero-order valence-electron chi connectivity index (χ0n) is 11.5. The van der Waals surface area contributed by atoms with E-state index in [1.807, 2.05) is 26.0 Å². The third-order valence-corrected chi connectivity index (χ3v) is 4.06. The van der Waals surface area contributed by atoms with Crippen LogP contribution in [-0.2, 0) is 4.79 Å². The van der Waals surface area contributed by atoms with Crippen molar-refractivity contribution in [2.45, 2.75) is 39.2 Å². The minimum atomic E-state index is -1.16. The fourth-order valence-electron chi connectivity index (χ4n) is 2.29. The molecule has 1 aliphatic rings. The molecule has 102 valence electrons. The number of carboxylic acid groups (broad SMARTS) is 1. The molecule has 4 heteroatoms. The van der Waals surface area contributed by atoms with Crippen molar-refractivity contribution < 1.29 is 14.7 Å². The molecular formula is C15H19NO3. The highest BCUT2D eigenvalue weighted by Gasteiger charge is 2.48. The van der Waals surface area contributed by atoms with E-state index >= 15 is 0 Å². The highest BCUT2D eigenvalue weighted by Crippen LogP contribution is 2.39. The maximum atomic E-state index is 12.3. The van der Waals surface area contributed by atoms with Crippen molar-refractivity contribution >= 4 is 11.9 Å². The highest BCUT2D eigenvalue weighted by atomic mass is 16.4. The number of nitrogens with one attached hydrogen (secondary N) is 1. The molecule has 0 aliphatic heterocycles. The lowest BCUT2D eigenvalue weighted by atomic mass is 9.94. The Hall–Kier alpha value is -1.84. The van der Waals surface area contributed by atoms with Gasteiger partial charge in [0.15, 0.2) is 0 Å². The first kappa shape index (κ1) is 13.6. The number of hydrogen-bond acceptors (Lipinski definition) is 2. The zero-order valence-corrected chi connectivity index (χ0v) is 11.5. The van der Waals surface area contributed by atoms with E-state index in [-0.39, 0.29) is 11.8 Å². The molecule has 2 N–H and O–H groups in total. The van der Waals surface area contributed by atoms with Crippen molar-refractivity contribution in [1.29, 1.82) is 0 Å². The first-order valence-corrected chi connectivity index (χ1v) is 6.48. The van der Waals surface area contributed by atoms with Crippen LogP contribution in [-0.4, -0.2) is 22.5 Å². The van der Waals surface area contributed by atoms with Crippen LogP contribution < -0.4 is 5.32 Å². The highest BCUT2D eigenvalue weighted by molar-refractivity contribution is 5.99. The van der Waals surface area contributed by atoms with Crippen LogP contribution in [0, 0.1) is 19.8 Å².